The van der Waals surface area contributed by atoms with Gasteiger partial charge in [-0.3, -0.25) is 9.69 Å². The summed E-state index contributed by atoms with van der Waals surface area (Å²) in [5.74, 6) is 0.694. The molecule has 13 heteroatoms. The van der Waals surface area contributed by atoms with Crippen LogP contribution < -0.4 is 18.9 Å². The van der Waals surface area contributed by atoms with Crippen LogP contribution in [0.5, 0.6) is 23.0 Å². The molecule has 0 bridgehead atoms. The zero-order chi connectivity index (χ0) is 39.8. The third kappa shape index (κ3) is 8.74. The van der Waals surface area contributed by atoms with E-state index >= 15 is 0 Å². The highest BCUT2D eigenvalue weighted by atomic mass is 32.2. The maximum Gasteiger partial charge on any atom is 0.410 e. The van der Waals surface area contributed by atoms with E-state index in [2.05, 4.69) is 0 Å². The van der Waals surface area contributed by atoms with Gasteiger partial charge in [-0.1, -0.05) is 72.8 Å². The number of carbonyl (C=O) groups excluding carboxylic acids is 1. The topological polar surface area (TPSA) is 141 Å². The lowest BCUT2D eigenvalue weighted by atomic mass is 9.98. The van der Waals surface area contributed by atoms with Crippen molar-refractivity contribution in [2.45, 2.75) is 30.3 Å². The van der Waals surface area contributed by atoms with Crippen LogP contribution >= 0.6 is 0 Å². The second-order valence-corrected chi connectivity index (χ2v) is 15.1. The first-order valence-electron chi connectivity index (χ1n) is 17.9. The van der Waals surface area contributed by atoms with Crippen LogP contribution in [0.2, 0.25) is 0 Å². The van der Waals surface area contributed by atoms with Crippen molar-refractivity contribution in [2.75, 3.05) is 48.1 Å². The summed E-state index contributed by atoms with van der Waals surface area (Å²) in [5.41, 5.74) is 6.20. The summed E-state index contributed by atoms with van der Waals surface area (Å²) < 4.78 is 57.7. The van der Waals surface area contributed by atoms with Crippen molar-refractivity contribution in [1.29, 1.82) is 0 Å². The van der Waals surface area contributed by atoms with Gasteiger partial charge in [0.25, 0.3) is 0 Å². The molecule has 1 aliphatic carbocycles. The minimum atomic E-state index is -4.12. The van der Waals surface area contributed by atoms with Crippen LogP contribution in [0.25, 0.3) is 11.1 Å². The van der Waals surface area contributed by atoms with Gasteiger partial charge in [-0.05, 0) is 58.5 Å². The maximum atomic E-state index is 14.4. The van der Waals surface area contributed by atoms with Gasteiger partial charge in [0, 0.05) is 48.8 Å². The number of hydrogen-bond donors (Lipinski definition) is 1. The van der Waals surface area contributed by atoms with Gasteiger partial charge in [0.05, 0.1) is 33.3 Å². The first-order valence-corrected chi connectivity index (χ1v) is 19.3. The number of aliphatic carboxylic acids is 1. The SMILES string of the molecule is COc1ccc(CN(Cc2ccc(OC)cc2OC)S(=O)(=O)c2ccc(CCN(CC(=O)O)C(=O)OCC3c4ccccc4-c4ccccc43)cc2)c(OC)c1. The third-order valence-electron chi connectivity index (χ3n) is 9.83. The van der Waals surface area contributed by atoms with Crippen molar-refractivity contribution in [1.82, 2.24) is 9.21 Å². The Balaban J connectivity index is 1.18. The molecule has 0 radical (unpaired) electrons. The van der Waals surface area contributed by atoms with E-state index < -0.39 is 28.6 Å². The van der Waals surface area contributed by atoms with Crippen LogP contribution in [0.4, 0.5) is 4.79 Å². The zero-order valence-electron chi connectivity index (χ0n) is 31.6. The molecule has 1 amide bonds. The van der Waals surface area contributed by atoms with Crippen molar-refractivity contribution in [2.24, 2.45) is 0 Å². The molecule has 12 nitrogen and oxygen atoms in total. The Bertz CT molecular complexity index is 2190. The minimum absolute atomic E-state index is 0.0310. The molecule has 1 N–H and O–H groups in total. The molecule has 0 fully saturated rings. The zero-order valence-corrected chi connectivity index (χ0v) is 32.5. The summed E-state index contributed by atoms with van der Waals surface area (Å²) in [7, 11) is 1.97. The van der Waals surface area contributed by atoms with Crippen LogP contribution in [0.3, 0.4) is 0 Å². The highest BCUT2D eigenvalue weighted by molar-refractivity contribution is 7.89. The van der Waals surface area contributed by atoms with Gasteiger partial charge >= 0.3 is 12.1 Å². The number of benzene rings is 5. The second kappa shape index (κ2) is 17.6. The molecule has 56 heavy (non-hydrogen) atoms. The number of carbonyl (C=O) groups is 2. The van der Waals surface area contributed by atoms with E-state index in [0.717, 1.165) is 27.2 Å². The van der Waals surface area contributed by atoms with Gasteiger partial charge in [0.2, 0.25) is 10.0 Å². The molecular weight excluding hydrogens is 737 g/mol. The fourth-order valence-electron chi connectivity index (χ4n) is 6.90. The van der Waals surface area contributed by atoms with Crippen LogP contribution in [0.1, 0.15) is 33.7 Å². The number of fused-ring (bicyclic) bond motifs is 3. The lowest BCUT2D eigenvalue weighted by Gasteiger charge is -2.25. The number of rotatable bonds is 17. The number of ether oxygens (including phenoxy) is 5. The average molecular weight is 781 g/mol. The predicted molar refractivity (Wildman–Crippen MR) is 210 cm³/mol. The van der Waals surface area contributed by atoms with Crippen LogP contribution in [0, 0.1) is 0 Å². The monoisotopic (exact) mass is 780 g/mol. The van der Waals surface area contributed by atoms with E-state index in [-0.39, 0.29) is 43.5 Å². The molecule has 6 rings (SSSR count). The molecular formula is C43H44N2O10S. The van der Waals surface area contributed by atoms with Gasteiger partial charge in [-0.2, -0.15) is 4.31 Å². The van der Waals surface area contributed by atoms with Crippen LogP contribution in [-0.4, -0.2) is 82.9 Å². The number of nitrogens with zero attached hydrogens (tertiary/aromatic N) is 2. The smallest absolute Gasteiger partial charge is 0.410 e. The average Bonchev–Trinajstić information content (AvgIpc) is 3.54. The van der Waals surface area contributed by atoms with E-state index in [1.807, 2.05) is 48.5 Å². The molecule has 0 saturated carbocycles. The molecule has 0 unspecified atom stereocenters. The summed E-state index contributed by atoms with van der Waals surface area (Å²) in [4.78, 5) is 26.3. The number of carboxylic acids is 1. The van der Waals surface area contributed by atoms with Gasteiger partial charge in [-0.15, -0.1) is 0 Å². The Kier molecular flexibility index (Phi) is 12.5. The Labute approximate surface area is 326 Å². The van der Waals surface area contributed by atoms with Gasteiger partial charge in [0.15, 0.2) is 0 Å². The van der Waals surface area contributed by atoms with Crippen molar-refractivity contribution in [3.63, 3.8) is 0 Å². The molecule has 0 aromatic heterocycles. The number of amides is 1. The van der Waals surface area contributed by atoms with E-state index in [4.69, 9.17) is 23.7 Å². The quantitative estimate of drug-likeness (QED) is 0.105. The first-order chi connectivity index (χ1) is 27.1. The molecule has 0 atom stereocenters. The maximum absolute atomic E-state index is 14.4. The molecule has 292 valence electrons. The van der Waals surface area contributed by atoms with Crippen LogP contribution in [0.15, 0.2) is 114 Å². The lowest BCUT2D eigenvalue weighted by molar-refractivity contribution is -0.138. The van der Waals surface area contributed by atoms with Crippen LogP contribution in [-0.2, 0) is 39.1 Å². The predicted octanol–water partition coefficient (Wildman–Crippen LogP) is 6.99. The second-order valence-electron chi connectivity index (χ2n) is 13.1. The van der Waals surface area contributed by atoms with Crippen molar-refractivity contribution in [3.05, 3.63) is 137 Å². The Morgan fingerprint density at radius 3 is 1.68 bits per heavy atom. The Hall–Kier alpha value is -6.05. The van der Waals surface area contributed by atoms with Crippen molar-refractivity contribution >= 4 is 22.1 Å². The molecule has 1 aliphatic rings. The normalized spacial score (nSPS) is 12.1. The molecule has 0 saturated heterocycles. The fourth-order valence-corrected chi connectivity index (χ4v) is 8.29. The molecule has 5 aromatic carbocycles. The number of sulfonamides is 1. The highest BCUT2D eigenvalue weighted by Gasteiger charge is 2.31. The number of methoxy groups -OCH3 is 4. The standard InChI is InChI=1S/C43H44N2O10S/c1-51-32-17-15-30(40(23-32)53-3)25-45(26-31-16-18-33(52-2)24-41(31)54-4)56(49,50)34-19-13-29(14-20-34)21-22-44(27-42(46)47)43(48)55-28-39-37-11-7-5-9-35(37)36-10-6-8-12-38(36)39/h5-20,23-24,39H,21-22,25-28H2,1-4H3,(H,46,47). The summed E-state index contributed by atoms with van der Waals surface area (Å²) >= 11 is 0. The van der Waals surface area contributed by atoms with Crippen molar-refractivity contribution < 1.29 is 46.8 Å². The Morgan fingerprint density at radius 2 is 1.20 bits per heavy atom. The van der Waals surface area contributed by atoms with E-state index in [0.29, 0.717) is 39.7 Å². The largest absolute Gasteiger partial charge is 0.497 e. The van der Waals surface area contributed by atoms with Crippen molar-refractivity contribution in [3.8, 4) is 34.1 Å². The third-order valence-corrected chi connectivity index (χ3v) is 11.6. The summed E-state index contributed by atoms with van der Waals surface area (Å²) in [5, 5.41) is 9.63. The molecule has 5 aromatic rings. The van der Waals surface area contributed by atoms with Gasteiger partial charge < -0.3 is 28.8 Å². The summed E-state index contributed by atoms with van der Waals surface area (Å²) in [6, 6.07) is 32.6. The van der Waals surface area contributed by atoms with E-state index in [1.54, 1.807) is 48.5 Å². The molecule has 0 heterocycles. The minimum Gasteiger partial charge on any atom is -0.497 e. The first kappa shape index (κ1) is 39.6. The highest BCUT2D eigenvalue weighted by Crippen LogP contribution is 2.44. The van der Waals surface area contributed by atoms with Gasteiger partial charge in [0.1, 0.15) is 36.1 Å². The van der Waals surface area contributed by atoms with Gasteiger partial charge in [-0.25, -0.2) is 13.2 Å². The molecule has 0 aliphatic heterocycles. The summed E-state index contributed by atoms with van der Waals surface area (Å²) in [6.07, 6.45) is -0.486. The lowest BCUT2D eigenvalue weighted by Crippen LogP contribution is -2.38. The fraction of sp³-hybridized carbons (Fsp3) is 0.256. The molecule has 0 spiro atoms. The van der Waals surface area contributed by atoms with E-state index in [1.165, 1.54) is 44.9 Å². The number of hydrogen-bond acceptors (Lipinski definition) is 9. The summed E-state index contributed by atoms with van der Waals surface area (Å²) in [6.45, 7) is -0.526. The van der Waals surface area contributed by atoms with E-state index in [9.17, 15) is 23.1 Å². The Morgan fingerprint density at radius 1 is 0.679 bits per heavy atom. The number of carboxylic acid groups (broad SMARTS) is 1.